The molecule has 0 saturated carbocycles. The van der Waals surface area contributed by atoms with Crippen molar-refractivity contribution in [1.82, 2.24) is 10.2 Å². The van der Waals surface area contributed by atoms with E-state index in [2.05, 4.69) is 29.2 Å². The summed E-state index contributed by atoms with van der Waals surface area (Å²) in [6.45, 7) is 8.91. The largest absolute Gasteiger partial charge is 0.378 e. The van der Waals surface area contributed by atoms with Crippen molar-refractivity contribution >= 4 is 16.9 Å². The van der Waals surface area contributed by atoms with Crippen LogP contribution in [-0.2, 0) is 4.74 Å². The van der Waals surface area contributed by atoms with Gasteiger partial charge in [0, 0.05) is 13.1 Å². The molecule has 1 aliphatic rings. The molecule has 8 heteroatoms. The van der Waals surface area contributed by atoms with Gasteiger partial charge < -0.3 is 15.0 Å². The number of hydrazone groups is 1. The summed E-state index contributed by atoms with van der Waals surface area (Å²) in [5.74, 6) is 0.630. The van der Waals surface area contributed by atoms with Crippen LogP contribution in [0.5, 0.6) is 0 Å². The van der Waals surface area contributed by atoms with E-state index in [0.717, 1.165) is 39.1 Å². The van der Waals surface area contributed by atoms with Crippen LogP contribution in [0.15, 0.2) is 5.10 Å². The standard InChI is InChI=1S/C13H26N4O3S/c1-4-16(9-12-8-11(2)20-10-12)7-5-6-14-13(21-3)15-17(18)19/h11-12H,4-10H2,1-3H3,(H,14,15). The molecule has 0 aromatic rings. The van der Waals surface area contributed by atoms with Gasteiger partial charge in [0.25, 0.3) is 0 Å². The van der Waals surface area contributed by atoms with Crippen molar-refractivity contribution < 1.29 is 9.77 Å². The van der Waals surface area contributed by atoms with Gasteiger partial charge in [-0.15, -0.1) is 0 Å². The molecule has 1 aliphatic heterocycles. The molecule has 1 saturated heterocycles. The maximum Gasteiger partial charge on any atom is 0.234 e. The highest BCUT2D eigenvalue weighted by atomic mass is 32.2. The summed E-state index contributed by atoms with van der Waals surface area (Å²) in [7, 11) is 0. The number of nitrogens with zero attached hydrogens (tertiary/aromatic N) is 3. The van der Waals surface area contributed by atoms with Crippen LogP contribution in [0.1, 0.15) is 26.7 Å². The Labute approximate surface area is 130 Å². The zero-order valence-corrected chi connectivity index (χ0v) is 13.9. The number of nitro groups is 1. The van der Waals surface area contributed by atoms with E-state index in [-0.39, 0.29) is 0 Å². The first-order valence-corrected chi connectivity index (χ1v) is 8.62. The van der Waals surface area contributed by atoms with E-state index in [0.29, 0.717) is 23.7 Å². The van der Waals surface area contributed by atoms with Gasteiger partial charge in [-0.1, -0.05) is 18.7 Å². The summed E-state index contributed by atoms with van der Waals surface area (Å²) in [5.41, 5.74) is 0. The van der Waals surface area contributed by atoms with Gasteiger partial charge in [0.15, 0.2) is 5.03 Å². The third-order valence-corrected chi connectivity index (χ3v) is 4.15. The number of hydrogen-bond donors (Lipinski definition) is 1. The van der Waals surface area contributed by atoms with Gasteiger partial charge in [0.05, 0.1) is 17.8 Å². The molecule has 0 aliphatic carbocycles. The monoisotopic (exact) mass is 318 g/mol. The quantitative estimate of drug-likeness (QED) is 0.241. The van der Waals surface area contributed by atoms with Gasteiger partial charge in [-0.2, -0.15) is 0 Å². The molecular weight excluding hydrogens is 292 g/mol. The minimum absolute atomic E-state index is 0.362. The van der Waals surface area contributed by atoms with Crippen LogP contribution in [0.25, 0.3) is 0 Å². The predicted molar refractivity (Wildman–Crippen MR) is 86.2 cm³/mol. The van der Waals surface area contributed by atoms with Crippen LogP contribution < -0.4 is 5.32 Å². The van der Waals surface area contributed by atoms with E-state index in [1.54, 1.807) is 6.26 Å². The smallest absolute Gasteiger partial charge is 0.234 e. The van der Waals surface area contributed by atoms with E-state index < -0.39 is 5.03 Å². The SMILES string of the molecule is CCN(CCCNC(=N[N+](=O)[O-])SC)CC1COC(C)C1. The molecule has 2 atom stereocenters. The molecular formula is C13H26N4O3S. The topological polar surface area (TPSA) is 80.0 Å². The van der Waals surface area contributed by atoms with E-state index in [9.17, 15) is 10.1 Å². The third kappa shape index (κ3) is 7.63. The number of thioether (sulfide) groups is 1. The molecule has 0 amide bonds. The fraction of sp³-hybridized carbons (Fsp3) is 0.923. The lowest BCUT2D eigenvalue weighted by Gasteiger charge is -2.23. The summed E-state index contributed by atoms with van der Waals surface area (Å²) in [4.78, 5) is 12.7. The van der Waals surface area contributed by atoms with Gasteiger partial charge in [0.1, 0.15) is 0 Å². The highest BCUT2D eigenvalue weighted by Crippen LogP contribution is 2.19. The van der Waals surface area contributed by atoms with Crippen LogP contribution in [0, 0.1) is 16.0 Å². The number of rotatable bonds is 8. The average Bonchev–Trinajstić information content (AvgIpc) is 2.85. The lowest BCUT2D eigenvalue weighted by Crippen LogP contribution is -2.33. The average molecular weight is 318 g/mol. The Morgan fingerprint density at radius 2 is 2.38 bits per heavy atom. The lowest BCUT2D eigenvalue weighted by atomic mass is 10.1. The zero-order chi connectivity index (χ0) is 15.7. The fourth-order valence-corrected chi connectivity index (χ4v) is 2.89. The van der Waals surface area contributed by atoms with E-state index in [1.165, 1.54) is 11.8 Å². The second-order valence-corrected chi connectivity index (χ2v) is 6.06. The summed E-state index contributed by atoms with van der Waals surface area (Å²) in [6.07, 6.45) is 4.24. The Balaban J connectivity index is 2.21. The van der Waals surface area contributed by atoms with E-state index in [4.69, 9.17) is 4.74 Å². The van der Waals surface area contributed by atoms with Gasteiger partial charge in [-0.05, 0) is 45.0 Å². The van der Waals surface area contributed by atoms with Crippen molar-refractivity contribution in [3.8, 4) is 0 Å². The molecule has 1 fully saturated rings. The van der Waals surface area contributed by atoms with E-state index in [1.807, 2.05) is 0 Å². The number of nitrogens with one attached hydrogen (secondary N) is 1. The van der Waals surface area contributed by atoms with Gasteiger partial charge in [-0.3, -0.25) is 0 Å². The molecule has 2 unspecified atom stereocenters. The summed E-state index contributed by atoms with van der Waals surface area (Å²) in [6, 6.07) is 0. The Morgan fingerprint density at radius 1 is 1.62 bits per heavy atom. The van der Waals surface area contributed by atoms with Crippen LogP contribution >= 0.6 is 11.8 Å². The first-order valence-electron chi connectivity index (χ1n) is 7.40. The van der Waals surface area contributed by atoms with Crippen LogP contribution in [0.2, 0.25) is 0 Å². The Kier molecular flexibility index (Phi) is 8.63. The van der Waals surface area contributed by atoms with Crippen molar-refractivity contribution in [3.63, 3.8) is 0 Å². The fourth-order valence-electron chi connectivity index (χ4n) is 2.50. The first kappa shape index (κ1) is 18.2. The number of hydrogen-bond acceptors (Lipinski definition) is 5. The Bertz CT molecular complexity index is 354. The highest BCUT2D eigenvalue weighted by molar-refractivity contribution is 8.13. The molecule has 1 rings (SSSR count). The lowest BCUT2D eigenvalue weighted by molar-refractivity contribution is -0.484. The van der Waals surface area contributed by atoms with Crippen LogP contribution in [-0.4, -0.2) is 60.2 Å². The zero-order valence-electron chi connectivity index (χ0n) is 13.1. The molecule has 21 heavy (non-hydrogen) atoms. The van der Waals surface area contributed by atoms with Crippen molar-refractivity contribution in [2.75, 3.05) is 39.0 Å². The van der Waals surface area contributed by atoms with Crippen LogP contribution in [0.3, 0.4) is 0 Å². The molecule has 7 nitrogen and oxygen atoms in total. The minimum atomic E-state index is -0.668. The number of ether oxygens (including phenoxy) is 1. The maximum absolute atomic E-state index is 10.3. The Hall–Kier alpha value is -0.860. The molecule has 1 heterocycles. The molecule has 0 radical (unpaired) electrons. The third-order valence-electron chi connectivity index (χ3n) is 3.54. The molecule has 1 N–H and O–H groups in total. The summed E-state index contributed by atoms with van der Waals surface area (Å²) >= 11 is 1.26. The van der Waals surface area contributed by atoms with Gasteiger partial charge in [0.2, 0.25) is 5.17 Å². The molecule has 0 aromatic carbocycles. The molecule has 0 aromatic heterocycles. The maximum atomic E-state index is 10.3. The van der Waals surface area contributed by atoms with Crippen molar-refractivity contribution in [3.05, 3.63) is 10.1 Å². The predicted octanol–water partition coefficient (Wildman–Crippen LogP) is 1.62. The second-order valence-electron chi connectivity index (χ2n) is 5.27. The molecule has 0 bridgehead atoms. The van der Waals surface area contributed by atoms with Gasteiger partial charge >= 0.3 is 0 Å². The summed E-state index contributed by atoms with van der Waals surface area (Å²) in [5, 5.41) is 16.3. The Morgan fingerprint density at radius 3 is 2.90 bits per heavy atom. The van der Waals surface area contributed by atoms with Gasteiger partial charge in [-0.25, -0.2) is 10.1 Å². The second kappa shape index (κ2) is 9.97. The number of amidine groups is 1. The van der Waals surface area contributed by atoms with Crippen molar-refractivity contribution in [2.45, 2.75) is 32.8 Å². The minimum Gasteiger partial charge on any atom is -0.378 e. The van der Waals surface area contributed by atoms with Crippen molar-refractivity contribution in [1.29, 1.82) is 0 Å². The highest BCUT2D eigenvalue weighted by Gasteiger charge is 2.23. The van der Waals surface area contributed by atoms with E-state index >= 15 is 0 Å². The molecule has 122 valence electrons. The van der Waals surface area contributed by atoms with Crippen LogP contribution in [0.4, 0.5) is 0 Å². The summed E-state index contributed by atoms with van der Waals surface area (Å²) < 4.78 is 5.60. The normalized spacial score (nSPS) is 22.8. The first-order chi connectivity index (χ1) is 10.0. The van der Waals surface area contributed by atoms with Crippen molar-refractivity contribution in [2.24, 2.45) is 11.0 Å². The molecule has 0 spiro atoms.